The maximum absolute atomic E-state index is 5.48. The van der Waals surface area contributed by atoms with Crippen LogP contribution in [0.15, 0.2) is 33.4 Å². The minimum atomic E-state index is 0.301. The van der Waals surface area contributed by atoms with E-state index in [2.05, 4.69) is 28.2 Å². The number of furan rings is 1. The van der Waals surface area contributed by atoms with Gasteiger partial charge in [-0.2, -0.15) is 0 Å². The molecule has 1 N–H and O–H groups in total. The van der Waals surface area contributed by atoms with E-state index in [4.69, 9.17) is 4.42 Å². The normalized spacial score (nSPS) is 13.4. The average Bonchev–Trinajstić information content (AvgIpc) is 2.62. The minimum absolute atomic E-state index is 0.301. The molecule has 0 amide bonds. The zero-order valence-corrected chi connectivity index (χ0v) is 9.76. The molecule has 14 heavy (non-hydrogen) atoms. The number of nitrogens with one attached hydrogen (secondary N) is 1. The quantitative estimate of drug-likeness (QED) is 0.887. The first-order chi connectivity index (χ1) is 6.74. The van der Waals surface area contributed by atoms with Gasteiger partial charge < -0.3 is 9.73 Å². The minimum Gasteiger partial charge on any atom is -0.464 e. The molecule has 2 nitrogen and oxygen atoms in total. The Hall–Kier alpha value is -0.800. The molecule has 0 saturated heterocycles. The molecular formula is C11H12BrNO. The molecule has 0 bridgehead atoms. The van der Waals surface area contributed by atoms with Crippen LogP contribution in [-0.2, 0) is 0 Å². The van der Waals surface area contributed by atoms with Crippen LogP contribution in [0.1, 0.15) is 18.5 Å². The second kappa shape index (κ2) is 3.75. The van der Waals surface area contributed by atoms with Crippen molar-refractivity contribution in [3.8, 4) is 0 Å². The maximum atomic E-state index is 5.48. The average molecular weight is 254 g/mol. The molecule has 1 aromatic heterocycles. The first kappa shape index (κ1) is 9.74. The third kappa shape index (κ3) is 1.47. The van der Waals surface area contributed by atoms with Gasteiger partial charge in [0.25, 0.3) is 0 Å². The van der Waals surface area contributed by atoms with Crippen molar-refractivity contribution < 1.29 is 4.42 Å². The van der Waals surface area contributed by atoms with E-state index in [1.54, 1.807) is 0 Å². The van der Waals surface area contributed by atoms with E-state index in [-0.39, 0.29) is 0 Å². The fourth-order valence-electron chi connectivity index (χ4n) is 1.54. The van der Waals surface area contributed by atoms with Crippen LogP contribution in [0.5, 0.6) is 0 Å². The Labute approximate surface area is 91.4 Å². The van der Waals surface area contributed by atoms with Gasteiger partial charge in [-0.1, -0.05) is 22.0 Å². The van der Waals surface area contributed by atoms with E-state index in [9.17, 15) is 0 Å². The lowest BCUT2D eigenvalue weighted by Crippen LogP contribution is -2.11. The number of hydrogen-bond donors (Lipinski definition) is 1. The summed E-state index contributed by atoms with van der Waals surface area (Å²) in [6.45, 7) is 2.11. The van der Waals surface area contributed by atoms with Crippen LogP contribution in [0.25, 0.3) is 11.0 Å². The summed E-state index contributed by atoms with van der Waals surface area (Å²) in [7, 11) is 1.94. The first-order valence-electron chi connectivity index (χ1n) is 4.57. The Bertz CT molecular complexity index is 449. The molecule has 0 aliphatic rings. The standard InChI is InChI=1S/C11H12BrNO/c1-7(13-2)8-6-14-10-5-3-4-9(12)11(8)10/h3-7,13H,1-2H3. The Morgan fingerprint density at radius 2 is 2.21 bits per heavy atom. The molecule has 1 atom stereocenters. The molecule has 0 spiro atoms. The number of hydrogen-bond acceptors (Lipinski definition) is 2. The summed E-state index contributed by atoms with van der Waals surface area (Å²) in [5.74, 6) is 0. The fourth-order valence-corrected chi connectivity index (χ4v) is 2.12. The topological polar surface area (TPSA) is 25.2 Å². The Morgan fingerprint density at radius 3 is 2.93 bits per heavy atom. The maximum Gasteiger partial charge on any atom is 0.135 e. The summed E-state index contributed by atoms with van der Waals surface area (Å²) in [5.41, 5.74) is 2.12. The molecule has 74 valence electrons. The molecule has 0 radical (unpaired) electrons. The highest BCUT2D eigenvalue weighted by atomic mass is 79.9. The molecule has 1 unspecified atom stereocenters. The number of halogens is 1. The van der Waals surface area contributed by atoms with E-state index in [0.717, 1.165) is 15.4 Å². The predicted octanol–water partition coefficient (Wildman–Crippen LogP) is 3.48. The largest absolute Gasteiger partial charge is 0.464 e. The number of fused-ring (bicyclic) bond motifs is 1. The molecule has 3 heteroatoms. The highest BCUT2D eigenvalue weighted by Gasteiger charge is 2.12. The molecule has 2 rings (SSSR count). The summed E-state index contributed by atoms with van der Waals surface area (Å²) >= 11 is 3.54. The van der Waals surface area contributed by atoms with Crippen molar-refractivity contribution in [3.63, 3.8) is 0 Å². The summed E-state index contributed by atoms with van der Waals surface area (Å²) < 4.78 is 6.57. The van der Waals surface area contributed by atoms with Gasteiger partial charge in [0.15, 0.2) is 0 Å². The molecule has 1 heterocycles. The second-order valence-corrected chi connectivity index (χ2v) is 4.17. The lowest BCUT2D eigenvalue weighted by molar-refractivity contribution is 0.588. The van der Waals surface area contributed by atoms with E-state index in [1.807, 2.05) is 31.5 Å². The van der Waals surface area contributed by atoms with Gasteiger partial charge in [-0.15, -0.1) is 0 Å². The smallest absolute Gasteiger partial charge is 0.135 e. The van der Waals surface area contributed by atoms with Crippen molar-refractivity contribution in [2.24, 2.45) is 0 Å². The van der Waals surface area contributed by atoms with E-state index >= 15 is 0 Å². The van der Waals surface area contributed by atoms with Crippen molar-refractivity contribution >= 4 is 26.9 Å². The zero-order chi connectivity index (χ0) is 10.1. The van der Waals surface area contributed by atoms with Crippen molar-refractivity contribution in [1.82, 2.24) is 5.32 Å². The Kier molecular flexibility index (Phi) is 2.61. The van der Waals surface area contributed by atoms with Gasteiger partial charge >= 0.3 is 0 Å². The molecular weight excluding hydrogens is 242 g/mol. The van der Waals surface area contributed by atoms with Gasteiger partial charge in [0.1, 0.15) is 5.58 Å². The van der Waals surface area contributed by atoms with Crippen LogP contribution in [0.4, 0.5) is 0 Å². The molecule has 1 aromatic carbocycles. The summed E-state index contributed by atoms with van der Waals surface area (Å²) in [5, 5.41) is 4.37. The van der Waals surface area contributed by atoms with Crippen LogP contribution < -0.4 is 5.32 Å². The fraction of sp³-hybridized carbons (Fsp3) is 0.273. The van der Waals surface area contributed by atoms with E-state index in [1.165, 1.54) is 5.56 Å². The first-order valence-corrected chi connectivity index (χ1v) is 5.36. The Morgan fingerprint density at radius 1 is 1.43 bits per heavy atom. The van der Waals surface area contributed by atoms with Crippen LogP contribution >= 0.6 is 15.9 Å². The van der Waals surface area contributed by atoms with Crippen LogP contribution in [-0.4, -0.2) is 7.05 Å². The lowest BCUT2D eigenvalue weighted by Gasteiger charge is -2.07. The van der Waals surface area contributed by atoms with Crippen molar-refractivity contribution in [3.05, 3.63) is 34.5 Å². The summed E-state index contributed by atoms with van der Waals surface area (Å²) in [4.78, 5) is 0. The second-order valence-electron chi connectivity index (χ2n) is 3.31. The molecule has 2 aromatic rings. The molecule has 0 fully saturated rings. The number of rotatable bonds is 2. The SMILES string of the molecule is CNC(C)c1coc2cccc(Br)c12. The molecule has 0 aliphatic carbocycles. The third-order valence-electron chi connectivity index (χ3n) is 2.48. The predicted molar refractivity (Wildman–Crippen MR) is 61.4 cm³/mol. The van der Waals surface area contributed by atoms with Gasteiger partial charge in [-0.05, 0) is 26.1 Å². The van der Waals surface area contributed by atoms with Crippen molar-refractivity contribution in [1.29, 1.82) is 0 Å². The summed E-state index contributed by atoms with van der Waals surface area (Å²) in [6, 6.07) is 6.29. The summed E-state index contributed by atoms with van der Waals surface area (Å²) in [6.07, 6.45) is 1.82. The Balaban J connectivity index is 2.67. The van der Waals surface area contributed by atoms with Gasteiger partial charge in [-0.3, -0.25) is 0 Å². The number of benzene rings is 1. The van der Waals surface area contributed by atoms with Gasteiger partial charge in [0.2, 0.25) is 0 Å². The highest BCUT2D eigenvalue weighted by molar-refractivity contribution is 9.10. The third-order valence-corrected chi connectivity index (χ3v) is 3.14. The van der Waals surface area contributed by atoms with Gasteiger partial charge in [0.05, 0.1) is 6.26 Å². The molecule has 0 saturated carbocycles. The molecule has 0 aliphatic heterocycles. The van der Waals surface area contributed by atoms with Crippen LogP contribution in [0, 0.1) is 0 Å². The van der Waals surface area contributed by atoms with Gasteiger partial charge in [-0.25, -0.2) is 0 Å². The highest BCUT2D eigenvalue weighted by Crippen LogP contribution is 2.32. The zero-order valence-electron chi connectivity index (χ0n) is 8.17. The monoisotopic (exact) mass is 253 g/mol. The van der Waals surface area contributed by atoms with Crippen molar-refractivity contribution in [2.45, 2.75) is 13.0 Å². The van der Waals surface area contributed by atoms with Crippen LogP contribution in [0.2, 0.25) is 0 Å². The lowest BCUT2D eigenvalue weighted by atomic mass is 10.1. The van der Waals surface area contributed by atoms with Crippen molar-refractivity contribution in [2.75, 3.05) is 7.05 Å². The van der Waals surface area contributed by atoms with E-state index in [0.29, 0.717) is 6.04 Å². The van der Waals surface area contributed by atoms with E-state index < -0.39 is 0 Å². The van der Waals surface area contributed by atoms with Gasteiger partial charge in [0, 0.05) is 21.5 Å². The van der Waals surface area contributed by atoms with Crippen LogP contribution in [0.3, 0.4) is 0 Å².